The molecule has 2 atom stereocenters. The molecule has 2 aromatic rings. The summed E-state index contributed by atoms with van der Waals surface area (Å²) in [6.45, 7) is 7.73. The maximum absolute atomic E-state index is 14.6. The molecular formula is C20H24ClF4N5O6. The molecule has 2 aromatic heterocycles. The van der Waals surface area contributed by atoms with Crippen molar-refractivity contribution in [3.05, 3.63) is 11.6 Å². The highest BCUT2D eigenvalue weighted by Crippen LogP contribution is 2.53. The number of hydrogen-bond donors (Lipinski definition) is 1. The molecule has 1 N–H and O–H groups in total. The highest BCUT2D eigenvalue weighted by molar-refractivity contribution is 6.29. The van der Waals surface area contributed by atoms with Gasteiger partial charge >= 0.3 is 24.0 Å². The van der Waals surface area contributed by atoms with Crippen molar-refractivity contribution in [1.82, 2.24) is 19.5 Å². The molecule has 0 aliphatic carbocycles. The number of aliphatic hydroxyl groups excluding tert-OH is 1. The van der Waals surface area contributed by atoms with Gasteiger partial charge in [-0.2, -0.15) is 32.4 Å². The van der Waals surface area contributed by atoms with Crippen molar-refractivity contribution in [2.24, 2.45) is 0 Å². The molecule has 16 heteroatoms. The van der Waals surface area contributed by atoms with Crippen molar-refractivity contribution in [3.63, 3.8) is 0 Å². The second kappa shape index (κ2) is 8.95. The van der Waals surface area contributed by atoms with Crippen molar-refractivity contribution in [2.75, 3.05) is 11.5 Å². The molecule has 0 radical (unpaired) electrons. The summed E-state index contributed by atoms with van der Waals surface area (Å²) in [7, 11) is 0. The van der Waals surface area contributed by atoms with Crippen molar-refractivity contribution in [3.8, 4) is 0 Å². The quantitative estimate of drug-likeness (QED) is 0.446. The van der Waals surface area contributed by atoms with Crippen LogP contribution in [-0.4, -0.2) is 72.6 Å². The van der Waals surface area contributed by atoms with E-state index in [2.05, 4.69) is 15.0 Å². The summed E-state index contributed by atoms with van der Waals surface area (Å²) in [5, 5.41) is 8.46. The fourth-order valence-corrected chi connectivity index (χ4v) is 3.33. The first-order valence-electron chi connectivity index (χ1n) is 10.5. The molecular weight excluding hydrogens is 518 g/mol. The van der Waals surface area contributed by atoms with Crippen LogP contribution in [0, 0.1) is 0 Å². The zero-order chi connectivity index (χ0) is 27.4. The van der Waals surface area contributed by atoms with Gasteiger partial charge in [-0.1, -0.05) is 0 Å². The number of halogens is 5. The first-order valence-corrected chi connectivity index (χ1v) is 10.9. The van der Waals surface area contributed by atoms with E-state index in [1.54, 1.807) is 0 Å². The minimum Gasteiger partial charge on any atom is -0.443 e. The number of aromatic nitrogens is 4. The molecule has 3 heterocycles. The van der Waals surface area contributed by atoms with Gasteiger partial charge in [-0.25, -0.2) is 14.6 Å². The molecule has 0 aromatic carbocycles. The zero-order valence-corrected chi connectivity index (χ0v) is 20.8. The molecule has 2 amide bonds. The average molecular weight is 542 g/mol. The molecule has 11 nitrogen and oxygen atoms in total. The smallest absolute Gasteiger partial charge is 0.425 e. The predicted molar refractivity (Wildman–Crippen MR) is 116 cm³/mol. The number of hydrogen-bond acceptors (Lipinski definition) is 9. The molecule has 0 unspecified atom stereocenters. The number of carbonyl (C=O) groups excluding carboxylic acids is 2. The highest BCUT2D eigenvalue weighted by Gasteiger charge is 2.73. The number of aliphatic hydroxyl groups is 1. The summed E-state index contributed by atoms with van der Waals surface area (Å²) in [6.07, 6.45) is -7.04. The van der Waals surface area contributed by atoms with E-state index in [4.69, 9.17) is 30.9 Å². The van der Waals surface area contributed by atoms with E-state index in [9.17, 15) is 27.2 Å². The van der Waals surface area contributed by atoms with Gasteiger partial charge in [-0.15, -0.1) is 0 Å². The van der Waals surface area contributed by atoms with E-state index in [1.165, 1.54) is 41.5 Å². The summed E-state index contributed by atoms with van der Waals surface area (Å²) < 4.78 is 73.3. The summed E-state index contributed by atoms with van der Waals surface area (Å²) >= 11 is 5.95. The van der Waals surface area contributed by atoms with Crippen molar-refractivity contribution in [1.29, 1.82) is 0 Å². The molecule has 1 fully saturated rings. The number of anilines is 1. The minimum absolute atomic E-state index is 0.336. The van der Waals surface area contributed by atoms with Crippen LogP contribution in [-0.2, 0) is 14.2 Å². The molecule has 3 rings (SSSR count). The summed E-state index contributed by atoms with van der Waals surface area (Å²) in [6, 6.07) is 0. The number of alkyl halides is 4. The Morgan fingerprint density at radius 1 is 1.08 bits per heavy atom. The largest absolute Gasteiger partial charge is 0.443 e. The Balaban J connectivity index is 2.19. The van der Waals surface area contributed by atoms with Crippen LogP contribution in [0.25, 0.3) is 11.2 Å². The number of ether oxygens (including phenoxy) is 3. The maximum atomic E-state index is 14.6. The Bertz CT molecular complexity index is 1150. The number of nitrogens with zero attached hydrogens (tertiary/aromatic N) is 5. The third-order valence-corrected chi connectivity index (χ3v) is 4.78. The number of fused-ring (bicyclic) bond motifs is 1. The molecule has 0 spiro atoms. The highest BCUT2D eigenvalue weighted by atomic mass is 35.5. The predicted octanol–water partition coefficient (Wildman–Crippen LogP) is 4.32. The summed E-state index contributed by atoms with van der Waals surface area (Å²) in [5.74, 6) is -10.2. The van der Waals surface area contributed by atoms with Crippen LogP contribution in [0.5, 0.6) is 0 Å². The van der Waals surface area contributed by atoms with Crippen LogP contribution in [0.4, 0.5) is 33.0 Å². The maximum Gasteiger partial charge on any atom is 0.425 e. The number of imidazole rings is 1. The average Bonchev–Trinajstić information content (AvgIpc) is 3.15. The van der Waals surface area contributed by atoms with Gasteiger partial charge in [0.2, 0.25) is 11.5 Å². The third-order valence-electron chi connectivity index (χ3n) is 4.61. The van der Waals surface area contributed by atoms with Crippen molar-refractivity contribution >= 4 is 40.8 Å². The van der Waals surface area contributed by atoms with Crippen LogP contribution in [0.1, 0.15) is 47.8 Å². The third kappa shape index (κ3) is 5.04. The standard InChI is InChI=1S/C20H24ClF4N5O6/c1-17(2,3)35-15(32)30(16(33)36-18(4,5)6)12-10-11(27-14(21)28-12)29(8-26-10)13-20(24,25)19(22,23)9(7-31)34-13/h8-9,13,31H,7H2,1-6H3/t9-,13-/m1/s1. The van der Waals surface area contributed by atoms with E-state index in [1.807, 2.05) is 0 Å². The van der Waals surface area contributed by atoms with Crippen molar-refractivity contribution in [2.45, 2.75) is 76.9 Å². The topological polar surface area (TPSA) is 129 Å². The van der Waals surface area contributed by atoms with Gasteiger partial charge in [0, 0.05) is 0 Å². The Labute approximate surface area is 207 Å². The zero-order valence-electron chi connectivity index (χ0n) is 20.1. The fraction of sp³-hybridized carbons (Fsp3) is 0.650. The summed E-state index contributed by atoms with van der Waals surface area (Å²) in [4.78, 5) is 37.7. The molecule has 1 aliphatic rings. The number of imide groups is 1. The van der Waals surface area contributed by atoms with Crippen LogP contribution < -0.4 is 4.90 Å². The van der Waals surface area contributed by atoms with E-state index in [0.717, 1.165) is 0 Å². The summed E-state index contributed by atoms with van der Waals surface area (Å²) in [5.41, 5.74) is -3.19. The van der Waals surface area contributed by atoms with Gasteiger partial charge in [-0.3, -0.25) is 4.57 Å². The van der Waals surface area contributed by atoms with Gasteiger partial charge in [-0.05, 0) is 53.1 Å². The van der Waals surface area contributed by atoms with Gasteiger partial charge in [0.15, 0.2) is 23.1 Å². The van der Waals surface area contributed by atoms with Gasteiger partial charge in [0.05, 0.1) is 12.9 Å². The Kier molecular flexibility index (Phi) is 6.92. The first-order chi connectivity index (χ1) is 16.3. The van der Waals surface area contributed by atoms with Crippen LogP contribution in [0.2, 0.25) is 5.28 Å². The molecule has 1 aliphatic heterocycles. The lowest BCUT2D eigenvalue weighted by molar-refractivity contribution is -0.209. The Morgan fingerprint density at radius 2 is 1.61 bits per heavy atom. The number of carbonyl (C=O) groups is 2. The number of rotatable bonds is 3. The second-order valence-corrected chi connectivity index (χ2v) is 10.2. The Hall–Kier alpha value is -2.78. The number of amides is 2. The fourth-order valence-electron chi connectivity index (χ4n) is 3.17. The second-order valence-electron chi connectivity index (χ2n) is 9.84. The van der Waals surface area contributed by atoms with E-state index >= 15 is 0 Å². The van der Waals surface area contributed by atoms with E-state index in [-0.39, 0.29) is 0 Å². The van der Waals surface area contributed by atoms with Crippen LogP contribution in [0.3, 0.4) is 0 Å². The van der Waals surface area contributed by atoms with Crippen molar-refractivity contribution < 1.29 is 46.5 Å². The SMILES string of the molecule is CC(C)(C)OC(=O)N(C(=O)OC(C)(C)C)c1nc(Cl)nc2c1ncn2[C@@H]1O[C@H](CO)C(F)(F)C1(F)F. The van der Waals surface area contributed by atoms with Crippen LogP contribution >= 0.6 is 11.6 Å². The van der Waals surface area contributed by atoms with Gasteiger partial charge in [0.25, 0.3) is 0 Å². The van der Waals surface area contributed by atoms with Gasteiger partial charge < -0.3 is 19.3 Å². The molecule has 200 valence electrons. The molecule has 0 bridgehead atoms. The molecule has 0 saturated carbocycles. The van der Waals surface area contributed by atoms with E-state index in [0.29, 0.717) is 15.8 Å². The first kappa shape index (κ1) is 27.8. The lowest BCUT2D eigenvalue weighted by Crippen LogP contribution is -2.46. The van der Waals surface area contributed by atoms with Crippen LogP contribution in [0.15, 0.2) is 6.33 Å². The van der Waals surface area contributed by atoms with Gasteiger partial charge in [0.1, 0.15) is 11.2 Å². The Morgan fingerprint density at radius 3 is 2.06 bits per heavy atom. The molecule has 36 heavy (non-hydrogen) atoms. The lowest BCUT2D eigenvalue weighted by atomic mass is 10.1. The normalized spacial score (nSPS) is 21.4. The monoisotopic (exact) mass is 541 g/mol. The van der Waals surface area contributed by atoms with E-state index < -0.39 is 76.4 Å². The minimum atomic E-state index is -4.80. The molecule has 1 saturated heterocycles. The lowest BCUT2D eigenvalue weighted by Gasteiger charge is -2.28.